The summed E-state index contributed by atoms with van der Waals surface area (Å²) in [5.41, 5.74) is -0.142. The van der Waals surface area contributed by atoms with E-state index in [-0.39, 0.29) is 17.3 Å². The van der Waals surface area contributed by atoms with E-state index in [4.69, 9.17) is 9.47 Å². The number of fused-ring (bicyclic) bond motifs is 1. The summed E-state index contributed by atoms with van der Waals surface area (Å²) in [5.74, 6) is 0.317. The van der Waals surface area contributed by atoms with Crippen molar-refractivity contribution in [2.75, 3.05) is 18.5 Å². The van der Waals surface area contributed by atoms with Crippen LogP contribution in [0.25, 0.3) is 0 Å². The highest BCUT2D eigenvalue weighted by Crippen LogP contribution is 2.39. The van der Waals surface area contributed by atoms with E-state index in [1.165, 1.54) is 12.1 Å². The molecular formula is C11H11BrN2O5. The first-order chi connectivity index (χ1) is 8.99. The molecule has 0 saturated heterocycles. The van der Waals surface area contributed by atoms with Gasteiger partial charge >= 0.3 is 0 Å². The van der Waals surface area contributed by atoms with Crippen molar-refractivity contribution in [3.8, 4) is 11.5 Å². The van der Waals surface area contributed by atoms with Gasteiger partial charge in [0, 0.05) is 6.07 Å². The third-order valence-electron chi connectivity index (χ3n) is 2.48. The van der Waals surface area contributed by atoms with Crippen molar-refractivity contribution in [2.24, 2.45) is 0 Å². The highest BCUT2D eigenvalue weighted by Gasteiger charge is 2.24. The minimum atomic E-state index is -0.577. The second-order valence-corrected chi connectivity index (χ2v) is 5.25. The van der Waals surface area contributed by atoms with Crippen LogP contribution >= 0.6 is 15.9 Å². The second kappa shape index (κ2) is 5.43. The molecule has 2 rings (SSSR count). The number of anilines is 1. The number of hydrogen-bond acceptors (Lipinski definition) is 5. The fraction of sp³-hybridized carbons (Fsp3) is 0.364. The topological polar surface area (TPSA) is 90.7 Å². The largest absolute Gasteiger partial charge is 0.486 e. The molecule has 8 heteroatoms. The first-order valence-corrected chi connectivity index (χ1v) is 6.43. The average Bonchev–Trinajstić information content (AvgIpc) is 2.37. The Labute approximate surface area is 117 Å². The Morgan fingerprint density at radius 1 is 1.42 bits per heavy atom. The predicted octanol–water partition coefficient (Wildman–Crippen LogP) is 2.09. The van der Waals surface area contributed by atoms with Crippen LogP contribution < -0.4 is 14.8 Å². The molecule has 0 spiro atoms. The zero-order valence-corrected chi connectivity index (χ0v) is 11.6. The second-order valence-electron chi connectivity index (χ2n) is 3.88. The Morgan fingerprint density at radius 2 is 2.00 bits per heavy atom. The molecule has 1 unspecified atom stereocenters. The summed E-state index contributed by atoms with van der Waals surface area (Å²) >= 11 is 3.10. The standard InChI is InChI=1S/C11H11BrN2O5/c1-6(12)11(15)13-7-4-9-10(19-3-2-18-9)5-8(7)14(16)17/h4-6H,2-3H2,1H3,(H,13,15). The zero-order valence-electron chi connectivity index (χ0n) is 10.0. The van der Waals surface area contributed by atoms with Crippen molar-refractivity contribution in [3.05, 3.63) is 22.2 Å². The molecule has 1 aromatic carbocycles. The van der Waals surface area contributed by atoms with Gasteiger partial charge in [-0.2, -0.15) is 0 Å². The maximum absolute atomic E-state index is 11.6. The number of ether oxygens (including phenoxy) is 2. The van der Waals surface area contributed by atoms with Gasteiger partial charge in [0.15, 0.2) is 11.5 Å². The maximum atomic E-state index is 11.6. The third-order valence-corrected chi connectivity index (χ3v) is 2.89. The molecule has 1 amide bonds. The van der Waals surface area contributed by atoms with Gasteiger partial charge in [-0.3, -0.25) is 14.9 Å². The van der Waals surface area contributed by atoms with Crippen molar-refractivity contribution in [3.63, 3.8) is 0 Å². The van der Waals surface area contributed by atoms with E-state index in [1.807, 2.05) is 0 Å². The number of nitrogens with one attached hydrogen (secondary N) is 1. The first kappa shape index (κ1) is 13.6. The van der Waals surface area contributed by atoms with Crippen molar-refractivity contribution in [1.82, 2.24) is 0 Å². The fourth-order valence-electron chi connectivity index (χ4n) is 1.56. The molecule has 7 nitrogen and oxygen atoms in total. The predicted molar refractivity (Wildman–Crippen MR) is 71.1 cm³/mol. The van der Waals surface area contributed by atoms with Gasteiger partial charge in [0.1, 0.15) is 18.9 Å². The van der Waals surface area contributed by atoms with E-state index in [2.05, 4.69) is 21.2 Å². The number of rotatable bonds is 3. The Bertz CT molecular complexity index is 532. The van der Waals surface area contributed by atoms with E-state index < -0.39 is 9.75 Å². The van der Waals surface area contributed by atoms with Crippen molar-refractivity contribution >= 4 is 33.2 Å². The van der Waals surface area contributed by atoms with Gasteiger partial charge in [-0.05, 0) is 6.92 Å². The Hall–Kier alpha value is -1.83. The number of nitrogens with zero attached hydrogens (tertiary/aromatic N) is 1. The number of benzene rings is 1. The van der Waals surface area contributed by atoms with Crippen LogP contribution in [-0.2, 0) is 4.79 Å². The Kier molecular flexibility index (Phi) is 3.89. The first-order valence-electron chi connectivity index (χ1n) is 5.52. The van der Waals surface area contributed by atoms with E-state index in [0.29, 0.717) is 24.7 Å². The monoisotopic (exact) mass is 330 g/mol. The number of alkyl halides is 1. The summed E-state index contributed by atoms with van der Waals surface area (Å²) in [4.78, 5) is 21.6. The molecular weight excluding hydrogens is 320 g/mol. The molecule has 102 valence electrons. The number of nitro groups is 1. The van der Waals surface area contributed by atoms with Gasteiger partial charge in [-0.15, -0.1) is 0 Å². The molecule has 1 aromatic rings. The van der Waals surface area contributed by atoms with Gasteiger partial charge in [0.2, 0.25) is 5.91 Å². The van der Waals surface area contributed by atoms with Crippen LogP contribution in [0.3, 0.4) is 0 Å². The summed E-state index contributed by atoms with van der Waals surface area (Å²) in [6, 6.07) is 2.66. The summed E-state index contributed by atoms with van der Waals surface area (Å²) in [7, 11) is 0. The summed E-state index contributed by atoms with van der Waals surface area (Å²) < 4.78 is 10.6. The number of carbonyl (C=O) groups excluding carboxylic acids is 1. The lowest BCUT2D eigenvalue weighted by atomic mass is 10.2. The van der Waals surface area contributed by atoms with E-state index in [0.717, 1.165) is 0 Å². The van der Waals surface area contributed by atoms with Crippen LogP contribution in [0, 0.1) is 10.1 Å². The minimum absolute atomic E-state index is 0.0885. The minimum Gasteiger partial charge on any atom is -0.486 e. The van der Waals surface area contributed by atoms with Crippen molar-refractivity contribution < 1.29 is 19.2 Å². The third kappa shape index (κ3) is 2.95. The number of halogens is 1. The smallest absolute Gasteiger partial charge is 0.296 e. The molecule has 1 atom stereocenters. The van der Waals surface area contributed by atoms with Crippen LogP contribution in [0.4, 0.5) is 11.4 Å². The SMILES string of the molecule is CC(Br)C(=O)Nc1cc2c(cc1[N+](=O)[O-])OCCO2. The number of nitro benzene ring substituents is 1. The Morgan fingerprint density at radius 3 is 2.53 bits per heavy atom. The quantitative estimate of drug-likeness (QED) is 0.520. The van der Waals surface area contributed by atoms with Crippen molar-refractivity contribution in [2.45, 2.75) is 11.8 Å². The van der Waals surface area contributed by atoms with Crippen LogP contribution in [0.2, 0.25) is 0 Å². The molecule has 1 aliphatic rings. The van der Waals surface area contributed by atoms with E-state index in [1.54, 1.807) is 6.92 Å². The zero-order chi connectivity index (χ0) is 14.0. The lowest BCUT2D eigenvalue weighted by Crippen LogP contribution is -2.21. The van der Waals surface area contributed by atoms with Gasteiger partial charge in [0.25, 0.3) is 5.69 Å². The van der Waals surface area contributed by atoms with Gasteiger partial charge < -0.3 is 14.8 Å². The molecule has 0 aromatic heterocycles. The molecule has 19 heavy (non-hydrogen) atoms. The fourth-order valence-corrected chi connectivity index (χ4v) is 1.68. The van der Waals surface area contributed by atoms with Gasteiger partial charge in [-0.1, -0.05) is 15.9 Å². The Balaban J connectivity index is 2.40. The van der Waals surface area contributed by atoms with Gasteiger partial charge in [-0.25, -0.2) is 0 Å². The molecule has 1 heterocycles. The highest BCUT2D eigenvalue weighted by atomic mass is 79.9. The average molecular weight is 331 g/mol. The van der Waals surface area contributed by atoms with E-state index in [9.17, 15) is 14.9 Å². The molecule has 0 aliphatic carbocycles. The van der Waals surface area contributed by atoms with Crippen LogP contribution in [0.1, 0.15) is 6.92 Å². The molecule has 0 radical (unpaired) electrons. The number of carbonyl (C=O) groups is 1. The molecule has 0 bridgehead atoms. The molecule has 1 N–H and O–H groups in total. The highest BCUT2D eigenvalue weighted by molar-refractivity contribution is 9.10. The van der Waals surface area contributed by atoms with Gasteiger partial charge in [0.05, 0.1) is 15.8 Å². The lowest BCUT2D eigenvalue weighted by molar-refractivity contribution is -0.384. The molecule has 1 aliphatic heterocycles. The molecule has 0 fully saturated rings. The summed E-state index contributed by atoms with van der Waals surface area (Å²) in [6.07, 6.45) is 0. The van der Waals surface area contributed by atoms with Crippen molar-refractivity contribution in [1.29, 1.82) is 0 Å². The van der Waals surface area contributed by atoms with Crippen LogP contribution in [-0.4, -0.2) is 28.9 Å². The number of amides is 1. The van der Waals surface area contributed by atoms with Crippen LogP contribution in [0.5, 0.6) is 11.5 Å². The number of hydrogen-bond donors (Lipinski definition) is 1. The van der Waals surface area contributed by atoms with Crippen LogP contribution in [0.15, 0.2) is 12.1 Å². The maximum Gasteiger partial charge on any atom is 0.296 e. The summed E-state index contributed by atoms with van der Waals surface area (Å²) in [5, 5.41) is 13.5. The molecule has 0 saturated carbocycles. The lowest BCUT2D eigenvalue weighted by Gasteiger charge is -2.19. The summed E-state index contributed by atoms with van der Waals surface area (Å²) in [6.45, 7) is 2.33. The van der Waals surface area contributed by atoms with E-state index >= 15 is 0 Å². The normalized spacial score (nSPS) is 14.6.